The van der Waals surface area contributed by atoms with Crippen molar-refractivity contribution in [1.82, 2.24) is 5.32 Å². The van der Waals surface area contributed by atoms with Gasteiger partial charge in [-0.3, -0.25) is 0 Å². The zero-order chi connectivity index (χ0) is 17.0. The second-order valence-electron chi connectivity index (χ2n) is 6.26. The standard InChI is InChI=1S/C19H23NO3/c1-13-8-14(2)10-17(9-13)16-6-4-15(5-7-16)11-20-12-19(3,23)18(21)22/h4-10,20,23H,11-12H2,1-3H3,(H,21,22). The first-order chi connectivity index (χ1) is 10.8. The molecular formula is C19H23NO3. The van der Waals surface area contributed by atoms with E-state index in [4.69, 9.17) is 5.11 Å². The fourth-order valence-corrected chi connectivity index (χ4v) is 2.48. The molecule has 122 valence electrons. The van der Waals surface area contributed by atoms with Crippen LogP contribution >= 0.6 is 0 Å². The van der Waals surface area contributed by atoms with Crippen molar-refractivity contribution >= 4 is 5.97 Å². The summed E-state index contributed by atoms with van der Waals surface area (Å²) in [6.07, 6.45) is 0. The summed E-state index contributed by atoms with van der Waals surface area (Å²) in [5.41, 5.74) is 4.11. The van der Waals surface area contributed by atoms with Crippen LogP contribution < -0.4 is 5.32 Å². The Morgan fingerprint density at radius 2 is 1.61 bits per heavy atom. The van der Waals surface area contributed by atoms with Gasteiger partial charge in [0.15, 0.2) is 5.60 Å². The van der Waals surface area contributed by atoms with Crippen LogP contribution in [-0.2, 0) is 11.3 Å². The number of carbonyl (C=O) groups is 1. The van der Waals surface area contributed by atoms with Gasteiger partial charge in [0, 0.05) is 13.1 Å². The van der Waals surface area contributed by atoms with Crippen LogP contribution in [0.4, 0.5) is 0 Å². The zero-order valence-corrected chi connectivity index (χ0v) is 13.8. The van der Waals surface area contributed by atoms with Crippen LogP contribution in [0.1, 0.15) is 23.6 Å². The van der Waals surface area contributed by atoms with Gasteiger partial charge in [-0.15, -0.1) is 0 Å². The van der Waals surface area contributed by atoms with Gasteiger partial charge in [0.1, 0.15) is 0 Å². The SMILES string of the molecule is Cc1cc(C)cc(-c2ccc(CNCC(C)(O)C(=O)O)cc2)c1. The van der Waals surface area contributed by atoms with Gasteiger partial charge in [0.25, 0.3) is 0 Å². The number of hydrogen-bond donors (Lipinski definition) is 3. The molecule has 0 heterocycles. The smallest absolute Gasteiger partial charge is 0.336 e. The normalized spacial score (nSPS) is 13.6. The highest BCUT2D eigenvalue weighted by Gasteiger charge is 2.28. The van der Waals surface area contributed by atoms with Gasteiger partial charge in [-0.2, -0.15) is 0 Å². The van der Waals surface area contributed by atoms with Crippen molar-refractivity contribution in [3.05, 3.63) is 59.2 Å². The molecule has 0 bridgehead atoms. The molecule has 23 heavy (non-hydrogen) atoms. The second kappa shape index (κ2) is 6.94. The van der Waals surface area contributed by atoms with Crippen molar-refractivity contribution in [3.8, 4) is 11.1 Å². The van der Waals surface area contributed by atoms with Crippen LogP contribution in [0, 0.1) is 13.8 Å². The van der Waals surface area contributed by atoms with E-state index in [1.807, 2.05) is 12.1 Å². The van der Waals surface area contributed by atoms with E-state index in [2.05, 4.69) is 49.5 Å². The molecule has 4 nitrogen and oxygen atoms in total. The van der Waals surface area contributed by atoms with Gasteiger partial charge in [-0.25, -0.2) is 4.79 Å². The number of benzene rings is 2. The molecule has 0 aliphatic heterocycles. The van der Waals surface area contributed by atoms with Crippen LogP contribution in [0.5, 0.6) is 0 Å². The molecule has 0 aliphatic rings. The Bertz CT molecular complexity index is 670. The minimum absolute atomic E-state index is 0.00115. The Balaban J connectivity index is 2.01. The van der Waals surface area contributed by atoms with Gasteiger partial charge in [0.2, 0.25) is 0 Å². The first kappa shape index (κ1) is 17.2. The maximum absolute atomic E-state index is 10.8. The topological polar surface area (TPSA) is 69.6 Å². The summed E-state index contributed by atoms with van der Waals surface area (Å²) in [6.45, 7) is 5.97. The molecule has 0 saturated carbocycles. The number of aliphatic carboxylic acids is 1. The van der Waals surface area contributed by atoms with Crippen molar-refractivity contribution < 1.29 is 15.0 Å². The quantitative estimate of drug-likeness (QED) is 0.767. The minimum atomic E-state index is -1.75. The van der Waals surface area contributed by atoms with Gasteiger partial charge >= 0.3 is 5.97 Å². The molecule has 1 atom stereocenters. The Kier molecular flexibility index (Phi) is 5.19. The third-order valence-electron chi connectivity index (χ3n) is 3.77. The van der Waals surface area contributed by atoms with Crippen molar-refractivity contribution in [2.45, 2.75) is 32.9 Å². The minimum Gasteiger partial charge on any atom is -0.479 e. The highest BCUT2D eigenvalue weighted by molar-refractivity contribution is 5.76. The lowest BCUT2D eigenvalue weighted by molar-refractivity contribution is -0.156. The van der Waals surface area contributed by atoms with Crippen LogP contribution in [0.3, 0.4) is 0 Å². The summed E-state index contributed by atoms with van der Waals surface area (Å²) < 4.78 is 0. The number of carboxylic acids is 1. The molecule has 0 spiro atoms. The number of carboxylic acid groups (broad SMARTS) is 1. The third-order valence-corrected chi connectivity index (χ3v) is 3.77. The van der Waals surface area contributed by atoms with Gasteiger partial charge in [-0.05, 0) is 37.5 Å². The van der Waals surface area contributed by atoms with Crippen molar-refractivity contribution in [2.24, 2.45) is 0 Å². The highest BCUT2D eigenvalue weighted by atomic mass is 16.4. The average molecular weight is 313 g/mol. The Labute approximate surface area is 136 Å². The second-order valence-corrected chi connectivity index (χ2v) is 6.26. The van der Waals surface area contributed by atoms with Gasteiger partial charge < -0.3 is 15.5 Å². The van der Waals surface area contributed by atoms with E-state index in [0.29, 0.717) is 6.54 Å². The van der Waals surface area contributed by atoms with E-state index in [9.17, 15) is 9.90 Å². The van der Waals surface area contributed by atoms with Crippen LogP contribution in [0.2, 0.25) is 0 Å². The lowest BCUT2D eigenvalue weighted by atomic mass is 10.00. The number of rotatable bonds is 6. The van der Waals surface area contributed by atoms with E-state index >= 15 is 0 Å². The largest absolute Gasteiger partial charge is 0.479 e. The molecule has 0 aliphatic carbocycles. The average Bonchev–Trinajstić information content (AvgIpc) is 2.46. The Morgan fingerprint density at radius 1 is 1.04 bits per heavy atom. The molecule has 2 rings (SSSR count). The van der Waals surface area contributed by atoms with Gasteiger partial charge in [0.05, 0.1) is 0 Å². The predicted octanol–water partition coefficient (Wildman–Crippen LogP) is 2.90. The molecule has 0 saturated heterocycles. The summed E-state index contributed by atoms with van der Waals surface area (Å²) >= 11 is 0. The molecule has 4 heteroatoms. The molecule has 0 amide bonds. The van der Waals surface area contributed by atoms with Crippen molar-refractivity contribution in [3.63, 3.8) is 0 Å². The van der Waals surface area contributed by atoms with E-state index in [-0.39, 0.29) is 6.54 Å². The summed E-state index contributed by atoms with van der Waals surface area (Å²) in [5, 5.41) is 21.5. The fraction of sp³-hybridized carbons (Fsp3) is 0.316. The van der Waals surface area contributed by atoms with Gasteiger partial charge in [-0.1, -0.05) is 53.6 Å². The third kappa shape index (κ3) is 4.65. The maximum Gasteiger partial charge on any atom is 0.336 e. The molecule has 2 aromatic carbocycles. The first-order valence-corrected chi connectivity index (χ1v) is 7.62. The number of nitrogens with one attached hydrogen (secondary N) is 1. The van der Waals surface area contributed by atoms with Crippen LogP contribution in [-0.4, -0.2) is 28.3 Å². The summed E-state index contributed by atoms with van der Waals surface area (Å²) in [4.78, 5) is 10.8. The monoisotopic (exact) mass is 313 g/mol. The number of hydrogen-bond acceptors (Lipinski definition) is 3. The molecule has 2 aromatic rings. The lowest BCUT2D eigenvalue weighted by Gasteiger charge is -2.18. The molecule has 0 fully saturated rings. The lowest BCUT2D eigenvalue weighted by Crippen LogP contribution is -2.44. The molecular weight excluding hydrogens is 290 g/mol. The molecule has 3 N–H and O–H groups in total. The number of aliphatic hydroxyl groups is 1. The highest BCUT2D eigenvalue weighted by Crippen LogP contribution is 2.22. The Morgan fingerprint density at radius 3 is 2.13 bits per heavy atom. The van der Waals surface area contributed by atoms with E-state index < -0.39 is 11.6 Å². The van der Waals surface area contributed by atoms with E-state index in [1.165, 1.54) is 23.6 Å². The van der Waals surface area contributed by atoms with Crippen molar-refractivity contribution in [1.29, 1.82) is 0 Å². The predicted molar refractivity (Wildman–Crippen MR) is 91.3 cm³/mol. The fourth-order valence-electron chi connectivity index (χ4n) is 2.48. The molecule has 0 radical (unpaired) electrons. The maximum atomic E-state index is 10.8. The van der Waals surface area contributed by atoms with E-state index in [1.54, 1.807) is 0 Å². The van der Waals surface area contributed by atoms with Crippen LogP contribution in [0.25, 0.3) is 11.1 Å². The number of aryl methyl sites for hydroxylation is 2. The first-order valence-electron chi connectivity index (χ1n) is 7.62. The van der Waals surface area contributed by atoms with Crippen molar-refractivity contribution in [2.75, 3.05) is 6.54 Å². The van der Waals surface area contributed by atoms with E-state index in [0.717, 1.165) is 11.1 Å². The summed E-state index contributed by atoms with van der Waals surface area (Å²) in [5.74, 6) is -1.23. The summed E-state index contributed by atoms with van der Waals surface area (Å²) in [7, 11) is 0. The molecule has 1 unspecified atom stereocenters. The Hall–Kier alpha value is -2.17. The zero-order valence-electron chi connectivity index (χ0n) is 13.8. The molecule has 0 aromatic heterocycles. The van der Waals surface area contributed by atoms with Crippen LogP contribution in [0.15, 0.2) is 42.5 Å². The summed E-state index contributed by atoms with van der Waals surface area (Å²) in [6, 6.07) is 14.6.